The molecule has 0 aliphatic carbocycles. The zero-order valence-corrected chi connectivity index (χ0v) is 10.8. The average Bonchev–Trinajstić information content (AvgIpc) is 2.39. The number of carbonyl (C=O) groups excluding carboxylic acids is 1. The average molecular weight is 246 g/mol. The van der Waals surface area contributed by atoms with E-state index in [1.807, 2.05) is 6.07 Å². The first-order valence-corrected chi connectivity index (χ1v) is 6.12. The number of ether oxygens (including phenoxy) is 1. The Morgan fingerprint density at radius 2 is 2.22 bits per heavy atom. The van der Waals surface area contributed by atoms with Gasteiger partial charge in [0.2, 0.25) is 0 Å². The molecule has 1 amide bonds. The second kappa shape index (κ2) is 7.33. The van der Waals surface area contributed by atoms with Crippen LogP contribution in [-0.4, -0.2) is 18.6 Å². The standard InChI is InChI=1S/C14H18N2O2/c1-3-4-9-16-14(17)11(2)18-13-8-6-5-7-12(13)10-15/h5-8,11H,3-4,9H2,1-2H3,(H,16,17). The van der Waals surface area contributed by atoms with Crippen LogP contribution in [0.4, 0.5) is 0 Å². The Labute approximate surface area is 108 Å². The number of nitrogens with zero attached hydrogens (tertiary/aromatic N) is 1. The predicted molar refractivity (Wildman–Crippen MR) is 69.2 cm³/mol. The third-order valence-corrected chi connectivity index (χ3v) is 2.51. The third kappa shape index (κ3) is 4.10. The van der Waals surface area contributed by atoms with Gasteiger partial charge in [-0.3, -0.25) is 4.79 Å². The van der Waals surface area contributed by atoms with Crippen LogP contribution in [0.15, 0.2) is 24.3 Å². The normalized spacial score (nSPS) is 11.4. The lowest BCUT2D eigenvalue weighted by Crippen LogP contribution is -2.36. The summed E-state index contributed by atoms with van der Waals surface area (Å²) in [5.74, 6) is 0.286. The van der Waals surface area contributed by atoms with E-state index in [0.717, 1.165) is 12.8 Å². The van der Waals surface area contributed by atoms with Gasteiger partial charge in [0.25, 0.3) is 5.91 Å². The first-order valence-electron chi connectivity index (χ1n) is 6.12. The monoisotopic (exact) mass is 246 g/mol. The number of nitriles is 1. The maximum absolute atomic E-state index is 11.7. The number of unbranched alkanes of at least 4 members (excludes halogenated alkanes) is 1. The number of para-hydroxylation sites is 1. The highest BCUT2D eigenvalue weighted by molar-refractivity contribution is 5.80. The summed E-state index contributed by atoms with van der Waals surface area (Å²) in [6, 6.07) is 8.93. The summed E-state index contributed by atoms with van der Waals surface area (Å²) < 4.78 is 5.49. The van der Waals surface area contributed by atoms with Gasteiger partial charge in [0.15, 0.2) is 6.10 Å². The minimum atomic E-state index is -0.601. The molecule has 0 saturated heterocycles. The first kappa shape index (κ1) is 14.0. The quantitative estimate of drug-likeness (QED) is 0.783. The molecule has 4 heteroatoms. The Hall–Kier alpha value is -2.02. The molecule has 1 unspecified atom stereocenters. The Morgan fingerprint density at radius 3 is 2.89 bits per heavy atom. The molecule has 0 heterocycles. The summed E-state index contributed by atoms with van der Waals surface area (Å²) in [7, 11) is 0. The molecule has 1 aromatic rings. The van der Waals surface area contributed by atoms with E-state index in [0.29, 0.717) is 17.9 Å². The molecule has 0 bridgehead atoms. The Bertz CT molecular complexity index is 438. The van der Waals surface area contributed by atoms with E-state index in [9.17, 15) is 4.79 Å². The third-order valence-electron chi connectivity index (χ3n) is 2.51. The number of rotatable bonds is 6. The van der Waals surface area contributed by atoms with Gasteiger partial charge < -0.3 is 10.1 Å². The molecule has 1 aromatic carbocycles. The van der Waals surface area contributed by atoms with E-state index in [4.69, 9.17) is 10.00 Å². The lowest BCUT2D eigenvalue weighted by molar-refractivity contribution is -0.127. The molecular formula is C14H18N2O2. The molecule has 0 fully saturated rings. The van der Waals surface area contributed by atoms with Crippen LogP contribution in [0, 0.1) is 11.3 Å². The number of carbonyl (C=O) groups is 1. The molecule has 4 nitrogen and oxygen atoms in total. The minimum absolute atomic E-state index is 0.156. The van der Waals surface area contributed by atoms with Crippen LogP contribution in [0.25, 0.3) is 0 Å². The summed E-state index contributed by atoms with van der Waals surface area (Å²) in [6.45, 7) is 4.40. The lowest BCUT2D eigenvalue weighted by Gasteiger charge is -2.15. The van der Waals surface area contributed by atoms with Gasteiger partial charge in [-0.2, -0.15) is 5.26 Å². The first-order chi connectivity index (χ1) is 8.69. The largest absolute Gasteiger partial charge is 0.480 e. The second-order valence-electron chi connectivity index (χ2n) is 4.01. The molecule has 1 rings (SSSR count). The molecule has 18 heavy (non-hydrogen) atoms. The van der Waals surface area contributed by atoms with E-state index in [1.165, 1.54) is 0 Å². The van der Waals surface area contributed by atoms with Crippen molar-refractivity contribution in [3.8, 4) is 11.8 Å². The van der Waals surface area contributed by atoms with Crippen molar-refractivity contribution < 1.29 is 9.53 Å². The van der Waals surface area contributed by atoms with Crippen molar-refractivity contribution in [2.24, 2.45) is 0 Å². The fourth-order valence-electron chi connectivity index (χ4n) is 1.44. The number of benzene rings is 1. The molecule has 0 spiro atoms. The number of amides is 1. The van der Waals surface area contributed by atoms with Crippen molar-refractivity contribution in [1.29, 1.82) is 5.26 Å². The zero-order chi connectivity index (χ0) is 13.4. The van der Waals surface area contributed by atoms with Gasteiger partial charge in [-0.1, -0.05) is 25.5 Å². The van der Waals surface area contributed by atoms with Gasteiger partial charge in [-0.05, 0) is 25.5 Å². The maximum atomic E-state index is 11.7. The van der Waals surface area contributed by atoms with Crippen molar-refractivity contribution in [2.45, 2.75) is 32.8 Å². The van der Waals surface area contributed by atoms with E-state index in [1.54, 1.807) is 31.2 Å². The van der Waals surface area contributed by atoms with Gasteiger partial charge in [0.05, 0.1) is 5.56 Å². The van der Waals surface area contributed by atoms with Crippen LogP contribution in [-0.2, 0) is 4.79 Å². The fourth-order valence-corrected chi connectivity index (χ4v) is 1.44. The van der Waals surface area contributed by atoms with Crippen LogP contribution in [0.1, 0.15) is 32.3 Å². The highest BCUT2D eigenvalue weighted by Crippen LogP contribution is 2.17. The van der Waals surface area contributed by atoms with Gasteiger partial charge in [-0.25, -0.2) is 0 Å². The summed E-state index contributed by atoms with van der Waals surface area (Å²) in [5, 5.41) is 11.7. The van der Waals surface area contributed by atoms with Gasteiger partial charge in [-0.15, -0.1) is 0 Å². The SMILES string of the molecule is CCCCNC(=O)C(C)Oc1ccccc1C#N. The van der Waals surface area contributed by atoms with Gasteiger partial charge in [0.1, 0.15) is 11.8 Å². The highest BCUT2D eigenvalue weighted by atomic mass is 16.5. The van der Waals surface area contributed by atoms with E-state index in [2.05, 4.69) is 12.2 Å². The molecule has 0 aliphatic heterocycles. The number of hydrogen-bond acceptors (Lipinski definition) is 3. The van der Waals surface area contributed by atoms with Crippen molar-refractivity contribution in [3.05, 3.63) is 29.8 Å². The molecular weight excluding hydrogens is 228 g/mol. The predicted octanol–water partition coefficient (Wildman–Crippen LogP) is 2.24. The van der Waals surface area contributed by atoms with Crippen molar-refractivity contribution >= 4 is 5.91 Å². The van der Waals surface area contributed by atoms with Crippen LogP contribution >= 0.6 is 0 Å². The smallest absolute Gasteiger partial charge is 0.260 e. The van der Waals surface area contributed by atoms with Crippen LogP contribution in [0.2, 0.25) is 0 Å². The van der Waals surface area contributed by atoms with Gasteiger partial charge >= 0.3 is 0 Å². The summed E-state index contributed by atoms with van der Waals surface area (Å²) in [6.07, 6.45) is 1.39. The van der Waals surface area contributed by atoms with E-state index >= 15 is 0 Å². The zero-order valence-electron chi connectivity index (χ0n) is 10.8. The Morgan fingerprint density at radius 1 is 1.50 bits per heavy atom. The van der Waals surface area contributed by atoms with E-state index < -0.39 is 6.10 Å². The van der Waals surface area contributed by atoms with Crippen LogP contribution < -0.4 is 10.1 Å². The van der Waals surface area contributed by atoms with Crippen LogP contribution in [0.3, 0.4) is 0 Å². The van der Waals surface area contributed by atoms with Crippen molar-refractivity contribution in [3.63, 3.8) is 0 Å². The molecule has 96 valence electrons. The maximum Gasteiger partial charge on any atom is 0.260 e. The molecule has 0 radical (unpaired) electrons. The molecule has 1 atom stereocenters. The van der Waals surface area contributed by atoms with Gasteiger partial charge in [0, 0.05) is 6.54 Å². The minimum Gasteiger partial charge on any atom is -0.480 e. The molecule has 0 aliphatic rings. The Balaban J connectivity index is 2.56. The van der Waals surface area contributed by atoms with Crippen molar-refractivity contribution in [1.82, 2.24) is 5.32 Å². The van der Waals surface area contributed by atoms with Crippen LogP contribution in [0.5, 0.6) is 5.75 Å². The number of nitrogens with one attached hydrogen (secondary N) is 1. The summed E-state index contributed by atoms with van der Waals surface area (Å²) >= 11 is 0. The molecule has 1 N–H and O–H groups in total. The van der Waals surface area contributed by atoms with Crippen molar-refractivity contribution in [2.75, 3.05) is 6.54 Å². The Kier molecular flexibility index (Phi) is 5.72. The topological polar surface area (TPSA) is 62.1 Å². The summed E-state index contributed by atoms with van der Waals surface area (Å²) in [4.78, 5) is 11.7. The highest BCUT2D eigenvalue weighted by Gasteiger charge is 2.15. The molecule has 0 saturated carbocycles. The van der Waals surface area contributed by atoms with E-state index in [-0.39, 0.29) is 5.91 Å². The molecule has 0 aromatic heterocycles. The fraction of sp³-hybridized carbons (Fsp3) is 0.429. The summed E-state index contributed by atoms with van der Waals surface area (Å²) in [5.41, 5.74) is 0.436. The number of hydrogen-bond donors (Lipinski definition) is 1. The lowest BCUT2D eigenvalue weighted by atomic mass is 10.2. The second-order valence-corrected chi connectivity index (χ2v) is 4.01.